The molecule has 0 spiro atoms. The van der Waals surface area contributed by atoms with Crippen molar-refractivity contribution in [2.75, 3.05) is 0 Å². The Hall–Kier alpha value is -0.330. The van der Waals surface area contributed by atoms with Crippen LogP contribution in [-0.2, 0) is 0 Å². The maximum absolute atomic E-state index is 13.3. The van der Waals surface area contributed by atoms with E-state index >= 15 is 0 Å². The van der Waals surface area contributed by atoms with Crippen molar-refractivity contribution in [3.8, 4) is 0 Å². The second-order valence-electron chi connectivity index (χ2n) is 8.77. The fourth-order valence-corrected chi connectivity index (χ4v) is 5.86. The molecule has 0 aromatic carbocycles. The van der Waals surface area contributed by atoms with Crippen molar-refractivity contribution in [1.29, 1.82) is 0 Å². The molecule has 132 valence electrons. The van der Waals surface area contributed by atoms with E-state index in [0.717, 1.165) is 42.4 Å². The van der Waals surface area contributed by atoms with Crippen LogP contribution < -0.4 is 0 Å². The first-order valence-corrected chi connectivity index (χ1v) is 10.5. The van der Waals surface area contributed by atoms with Gasteiger partial charge in [-0.05, 0) is 120 Å². The third-order valence-electron chi connectivity index (χ3n) is 7.45. The molecule has 0 N–H and O–H groups in total. The summed E-state index contributed by atoms with van der Waals surface area (Å²) < 4.78 is 13.3. The second-order valence-corrected chi connectivity index (χ2v) is 8.77. The van der Waals surface area contributed by atoms with Gasteiger partial charge in [0.15, 0.2) is 0 Å². The molecule has 0 atom stereocenters. The highest BCUT2D eigenvalue weighted by atomic mass is 19.1. The first-order valence-electron chi connectivity index (χ1n) is 10.5. The molecule has 23 heavy (non-hydrogen) atoms. The lowest BCUT2D eigenvalue weighted by atomic mass is 9.65. The van der Waals surface area contributed by atoms with Crippen LogP contribution >= 0.6 is 0 Å². The van der Waals surface area contributed by atoms with Crippen LogP contribution in [0.4, 0.5) is 4.39 Å². The number of rotatable bonds is 4. The van der Waals surface area contributed by atoms with E-state index in [1.165, 1.54) is 70.6 Å². The summed E-state index contributed by atoms with van der Waals surface area (Å²) in [4.78, 5) is 0. The lowest BCUT2D eigenvalue weighted by molar-refractivity contribution is 0.0976. The predicted octanol–water partition coefficient (Wildman–Crippen LogP) is 7.09. The number of allylic oxidation sites excluding steroid dienone is 2. The zero-order valence-corrected chi connectivity index (χ0v) is 15.2. The molecule has 0 aromatic rings. The Morgan fingerprint density at radius 1 is 0.652 bits per heavy atom. The summed E-state index contributed by atoms with van der Waals surface area (Å²) in [5.41, 5.74) is 0. The molecule has 3 fully saturated rings. The molecule has 0 saturated heterocycles. The quantitative estimate of drug-likeness (QED) is 0.485. The second kappa shape index (κ2) is 8.67. The fourth-order valence-electron chi connectivity index (χ4n) is 5.86. The predicted molar refractivity (Wildman–Crippen MR) is 97.2 cm³/mol. The summed E-state index contributed by atoms with van der Waals surface area (Å²) in [7, 11) is 0. The first kappa shape index (κ1) is 17.5. The van der Waals surface area contributed by atoms with E-state index in [-0.39, 0.29) is 0 Å². The van der Waals surface area contributed by atoms with Crippen molar-refractivity contribution in [2.45, 2.75) is 96.6 Å². The number of hydrogen-bond acceptors (Lipinski definition) is 0. The van der Waals surface area contributed by atoms with Gasteiger partial charge in [-0.2, -0.15) is 0 Å². The molecule has 0 aliphatic heterocycles. The minimum absolute atomic E-state index is 0.486. The van der Waals surface area contributed by atoms with Crippen molar-refractivity contribution in [2.24, 2.45) is 29.6 Å². The Kier molecular flexibility index (Phi) is 6.60. The Labute approximate surface area is 143 Å². The zero-order valence-electron chi connectivity index (χ0n) is 15.2. The van der Waals surface area contributed by atoms with E-state index < -0.39 is 6.17 Å². The van der Waals surface area contributed by atoms with Gasteiger partial charge in [0.25, 0.3) is 0 Å². The van der Waals surface area contributed by atoms with Gasteiger partial charge in [0.2, 0.25) is 0 Å². The van der Waals surface area contributed by atoms with E-state index in [1.54, 1.807) is 0 Å². The standard InChI is InChI=1S/C22H37F/c1-2-3-4-17-5-7-18(8-6-17)19-9-11-20(12-10-19)21-13-15-22(23)16-14-21/h2-3,17-22H,4-16H2,1H3/b3-2+. The van der Waals surface area contributed by atoms with Crippen LogP contribution in [0.15, 0.2) is 12.2 Å². The summed E-state index contributed by atoms with van der Waals surface area (Å²) >= 11 is 0. The molecule has 0 amide bonds. The average Bonchev–Trinajstić information content (AvgIpc) is 2.61. The normalized spacial score (nSPS) is 42.9. The van der Waals surface area contributed by atoms with E-state index in [1.807, 2.05) is 0 Å². The first-order chi connectivity index (χ1) is 11.3. The zero-order chi connectivity index (χ0) is 16.1. The van der Waals surface area contributed by atoms with Crippen LogP contribution in [-0.4, -0.2) is 6.17 Å². The molecule has 3 aliphatic rings. The van der Waals surface area contributed by atoms with Crippen LogP contribution in [0.5, 0.6) is 0 Å². The summed E-state index contributed by atoms with van der Waals surface area (Å²) in [5.74, 6) is 4.81. The van der Waals surface area contributed by atoms with E-state index in [9.17, 15) is 4.39 Å². The van der Waals surface area contributed by atoms with Crippen LogP contribution in [0.3, 0.4) is 0 Å². The molecule has 3 rings (SSSR count). The van der Waals surface area contributed by atoms with E-state index in [2.05, 4.69) is 19.1 Å². The Morgan fingerprint density at radius 3 is 1.48 bits per heavy atom. The van der Waals surface area contributed by atoms with Gasteiger partial charge in [0, 0.05) is 0 Å². The monoisotopic (exact) mass is 320 g/mol. The van der Waals surface area contributed by atoms with Gasteiger partial charge in [0.05, 0.1) is 0 Å². The highest BCUT2D eigenvalue weighted by Crippen LogP contribution is 2.45. The van der Waals surface area contributed by atoms with Crippen molar-refractivity contribution in [1.82, 2.24) is 0 Å². The highest BCUT2D eigenvalue weighted by molar-refractivity contribution is 4.87. The Balaban J connectivity index is 1.38. The number of alkyl halides is 1. The summed E-state index contributed by atoms with van der Waals surface area (Å²) in [5, 5.41) is 0. The van der Waals surface area contributed by atoms with Crippen molar-refractivity contribution in [3.05, 3.63) is 12.2 Å². The molecule has 0 radical (unpaired) electrons. The summed E-state index contributed by atoms with van der Waals surface area (Å²) in [6, 6.07) is 0. The molecule has 0 nitrogen and oxygen atoms in total. The van der Waals surface area contributed by atoms with Gasteiger partial charge >= 0.3 is 0 Å². The molecular weight excluding hydrogens is 283 g/mol. The van der Waals surface area contributed by atoms with Crippen molar-refractivity contribution < 1.29 is 4.39 Å². The fraction of sp³-hybridized carbons (Fsp3) is 0.909. The van der Waals surface area contributed by atoms with Gasteiger partial charge in [-0.3, -0.25) is 0 Å². The van der Waals surface area contributed by atoms with Crippen LogP contribution in [0, 0.1) is 29.6 Å². The maximum Gasteiger partial charge on any atom is 0.100 e. The van der Waals surface area contributed by atoms with Gasteiger partial charge in [-0.25, -0.2) is 4.39 Å². The minimum atomic E-state index is -0.486. The SMILES string of the molecule is C/C=C/CC1CCC(C2CCC(C3CCC(F)CC3)CC2)CC1. The molecule has 3 saturated carbocycles. The largest absolute Gasteiger partial charge is 0.247 e. The van der Waals surface area contributed by atoms with Gasteiger partial charge in [-0.1, -0.05) is 12.2 Å². The molecule has 0 unspecified atom stereocenters. The number of hydrogen-bond donors (Lipinski definition) is 0. The minimum Gasteiger partial charge on any atom is -0.247 e. The Morgan fingerprint density at radius 2 is 1.04 bits per heavy atom. The van der Waals surface area contributed by atoms with Crippen LogP contribution in [0.25, 0.3) is 0 Å². The number of halogens is 1. The van der Waals surface area contributed by atoms with E-state index in [4.69, 9.17) is 0 Å². The lowest BCUT2D eigenvalue weighted by Crippen LogP contribution is -2.30. The van der Waals surface area contributed by atoms with Crippen LogP contribution in [0.1, 0.15) is 90.4 Å². The van der Waals surface area contributed by atoms with Crippen molar-refractivity contribution >= 4 is 0 Å². The lowest BCUT2D eigenvalue weighted by Gasteiger charge is -2.40. The Bertz CT molecular complexity index is 350. The summed E-state index contributed by atoms with van der Waals surface area (Å²) in [6.45, 7) is 2.14. The molecule has 3 aliphatic carbocycles. The molecule has 0 bridgehead atoms. The van der Waals surface area contributed by atoms with Crippen molar-refractivity contribution in [3.63, 3.8) is 0 Å². The molecule has 0 heterocycles. The molecule has 0 aromatic heterocycles. The van der Waals surface area contributed by atoms with Gasteiger partial charge in [0.1, 0.15) is 6.17 Å². The van der Waals surface area contributed by atoms with E-state index in [0.29, 0.717) is 0 Å². The van der Waals surface area contributed by atoms with Gasteiger partial charge < -0.3 is 0 Å². The molecule has 1 heteroatoms. The highest BCUT2D eigenvalue weighted by Gasteiger charge is 2.34. The topological polar surface area (TPSA) is 0 Å². The van der Waals surface area contributed by atoms with Crippen LogP contribution in [0.2, 0.25) is 0 Å². The van der Waals surface area contributed by atoms with Gasteiger partial charge in [-0.15, -0.1) is 0 Å². The average molecular weight is 321 g/mol. The third-order valence-corrected chi connectivity index (χ3v) is 7.45. The third kappa shape index (κ3) is 4.83. The smallest absolute Gasteiger partial charge is 0.100 e. The summed E-state index contributed by atoms with van der Waals surface area (Å²) in [6.07, 6.45) is 21.2. The maximum atomic E-state index is 13.3. The molecular formula is C22H37F.